The van der Waals surface area contributed by atoms with Gasteiger partial charge in [0.15, 0.2) is 5.78 Å². The number of phenolic OH excluding ortho intramolecular Hbond substituents is 1. The van der Waals surface area contributed by atoms with E-state index in [9.17, 15) is 9.90 Å². The highest BCUT2D eigenvalue weighted by Gasteiger charge is 2.21. The van der Waals surface area contributed by atoms with Gasteiger partial charge < -0.3 is 15.0 Å². The number of Topliss-reactive ketones (excluding diaryl/α,β-unsaturated/α-hetero) is 1. The molecule has 0 amide bonds. The Morgan fingerprint density at radius 3 is 2.35 bits per heavy atom. The van der Waals surface area contributed by atoms with Gasteiger partial charge in [-0.15, -0.1) is 0 Å². The molecule has 5 heteroatoms. The number of hydrogen-bond donors (Lipinski definition) is 2. The highest BCUT2D eigenvalue weighted by Crippen LogP contribution is 2.20. The van der Waals surface area contributed by atoms with Crippen LogP contribution in [0.2, 0.25) is 0 Å². The Morgan fingerprint density at radius 1 is 1.13 bits per heavy atom. The second-order valence-electron chi connectivity index (χ2n) is 6.19. The van der Waals surface area contributed by atoms with Crippen LogP contribution in [0.5, 0.6) is 5.75 Å². The molecule has 1 aromatic heterocycles. The third-order valence-electron chi connectivity index (χ3n) is 4.40. The Labute approximate surface area is 136 Å². The number of piperazine rings is 1. The molecule has 0 bridgehead atoms. The molecule has 2 N–H and O–H groups in total. The molecule has 0 unspecified atom stereocenters. The zero-order valence-electron chi connectivity index (χ0n) is 13.7. The van der Waals surface area contributed by atoms with E-state index in [0.29, 0.717) is 6.54 Å². The highest BCUT2D eigenvalue weighted by molar-refractivity contribution is 5.98. The first-order valence-corrected chi connectivity index (χ1v) is 7.98. The van der Waals surface area contributed by atoms with E-state index < -0.39 is 0 Å². The number of benzene rings is 1. The second-order valence-corrected chi connectivity index (χ2v) is 6.19. The summed E-state index contributed by atoms with van der Waals surface area (Å²) in [6.07, 6.45) is 0. The number of phenols is 1. The Balaban J connectivity index is 1.56. The number of carbonyl (C=O) groups is 1. The SMILES string of the molecule is Cc1cc(C(=O)CN2CCN(c3ccc(O)cc3)CC2)c(C)[nH]1. The van der Waals surface area contributed by atoms with E-state index in [4.69, 9.17) is 0 Å². The fourth-order valence-corrected chi connectivity index (χ4v) is 3.13. The lowest BCUT2D eigenvalue weighted by Gasteiger charge is -2.35. The maximum atomic E-state index is 12.4. The van der Waals surface area contributed by atoms with Crippen molar-refractivity contribution in [2.45, 2.75) is 13.8 Å². The van der Waals surface area contributed by atoms with Gasteiger partial charge in [-0.3, -0.25) is 9.69 Å². The molecule has 0 aliphatic carbocycles. The summed E-state index contributed by atoms with van der Waals surface area (Å²) in [4.78, 5) is 20.1. The minimum absolute atomic E-state index is 0.185. The molecule has 0 saturated carbocycles. The van der Waals surface area contributed by atoms with Gasteiger partial charge in [0.05, 0.1) is 6.54 Å². The normalized spacial score (nSPS) is 15.8. The first-order chi connectivity index (χ1) is 11.0. The number of H-pyrrole nitrogens is 1. The Bertz CT molecular complexity index is 683. The average molecular weight is 313 g/mol. The largest absolute Gasteiger partial charge is 0.508 e. The van der Waals surface area contributed by atoms with Crippen molar-refractivity contribution in [2.24, 2.45) is 0 Å². The van der Waals surface area contributed by atoms with Gasteiger partial charge in [-0.25, -0.2) is 0 Å². The third kappa shape index (κ3) is 3.56. The Morgan fingerprint density at radius 2 is 1.78 bits per heavy atom. The lowest BCUT2D eigenvalue weighted by atomic mass is 10.1. The molecule has 1 aromatic carbocycles. The van der Waals surface area contributed by atoms with Gasteiger partial charge in [0.25, 0.3) is 0 Å². The van der Waals surface area contributed by atoms with E-state index in [-0.39, 0.29) is 11.5 Å². The number of anilines is 1. The van der Waals surface area contributed by atoms with Gasteiger partial charge in [-0.2, -0.15) is 0 Å². The van der Waals surface area contributed by atoms with Crippen LogP contribution in [0.15, 0.2) is 30.3 Å². The van der Waals surface area contributed by atoms with Crippen LogP contribution < -0.4 is 4.90 Å². The van der Waals surface area contributed by atoms with E-state index in [1.165, 1.54) is 0 Å². The van der Waals surface area contributed by atoms with Crippen molar-refractivity contribution >= 4 is 11.5 Å². The molecule has 1 saturated heterocycles. The quantitative estimate of drug-likeness (QED) is 0.851. The maximum Gasteiger partial charge on any atom is 0.178 e. The van der Waals surface area contributed by atoms with E-state index in [0.717, 1.165) is 48.8 Å². The summed E-state index contributed by atoms with van der Waals surface area (Å²) < 4.78 is 0. The van der Waals surface area contributed by atoms with Crippen LogP contribution in [0.4, 0.5) is 5.69 Å². The van der Waals surface area contributed by atoms with Gasteiger partial charge in [-0.1, -0.05) is 0 Å². The topological polar surface area (TPSA) is 59.6 Å². The minimum atomic E-state index is 0.185. The summed E-state index contributed by atoms with van der Waals surface area (Å²) in [5.74, 6) is 0.472. The van der Waals surface area contributed by atoms with Crippen LogP contribution >= 0.6 is 0 Å². The van der Waals surface area contributed by atoms with Gasteiger partial charge in [-0.05, 0) is 44.2 Å². The van der Waals surface area contributed by atoms with E-state index >= 15 is 0 Å². The molecule has 0 atom stereocenters. The molecule has 2 aromatic rings. The first kappa shape index (κ1) is 15.6. The van der Waals surface area contributed by atoms with Crippen molar-refractivity contribution in [3.63, 3.8) is 0 Å². The summed E-state index contributed by atoms with van der Waals surface area (Å²) in [5.41, 5.74) is 3.91. The molecule has 1 aliphatic heterocycles. The van der Waals surface area contributed by atoms with Crippen LogP contribution in [0.1, 0.15) is 21.7 Å². The molecular weight excluding hydrogens is 290 g/mol. The monoisotopic (exact) mass is 313 g/mol. The second kappa shape index (κ2) is 6.46. The van der Waals surface area contributed by atoms with Crippen molar-refractivity contribution in [3.05, 3.63) is 47.3 Å². The number of aryl methyl sites for hydroxylation is 2. The van der Waals surface area contributed by atoms with Crippen LogP contribution in [0, 0.1) is 13.8 Å². The Kier molecular flexibility index (Phi) is 4.39. The molecule has 122 valence electrons. The number of hydrogen-bond acceptors (Lipinski definition) is 4. The van der Waals surface area contributed by atoms with Crippen LogP contribution in [0.25, 0.3) is 0 Å². The molecule has 1 aliphatic rings. The van der Waals surface area contributed by atoms with Crippen LogP contribution in [-0.4, -0.2) is 53.5 Å². The molecule has 0 radical (unpaired) electrons. The number of carbonyl (C=O) groups excluding carboxylic acids is 1. The maximum absolute atomic E-state index is 12.4. The van der Waals surface area contributed by atoms with Crippen molar-refractivity contribution in [1.29, 1.82) is 0 Å². The van der Waals surface area contributed by atoms with Crippen molar-refractivity contribution in [2.75, 3.05) is 37.6 Å². The minimum Gasteiger partial charge on any atom is -0.508 e. The van der Waals surface area contributed by atoms with Crippen molar-refractivity contribution in [1.82, 2.24) is 9.88 Å². The van der Waals surface area contributed by atoms with E-state index in [1.54, 1.807) is 12.1 Å². The number of rotatable bonds is 4. The summed E-state index contributed by atoms with van der Waals surface area (Å²) >= 11 is 0. The molecule has 5 nitrogen and oxygen atoms in total. The lowest BCUT2D eigenvalue weighted by molar-refractivity contribution is 0.0926. The predicted octanol–water partition coefficient (Wildman–Crippen LogP) is 2.34. The van der Waals surface area contributed by atoms with E-state index in [2.05, 4.69) is 14.8 Å². The van der Waals surface area contributed by atoms with Crippen LogP contribution in [0.3, 0.4) is 0 Å². The van der Waals surface area contributed by atoms with Gasteiger partial charge in [0.2, 0.25) is 0 Å². The van der Waals surface area contributed by atoms with Crippen molar-refractivity contribution in [3.8, 4) is 5.75 Å². The standard InChI is InChI=1S/C18H23N3O2/c1-13-11-17(14(2)19-13)18(23)12-20-7-9-21(10-8-20)15-3-5-16(22)6-4-15/h3-6,11,19,22H,7-10,12H2,1-2H3. The lowest BCUT2D eigenvalue weighted by Crippen LogP contribution is -2.48. The average Bonchev–Trinajstić information content (AvgIpc) is 2.88. The number of ketones is 1. The number of aromatic nitrogens is 1. The summed E-state index contributed by atoms with van der Waals surface area (Å²) in [6, 6.07) is 9.22. The van der Waals surface area contributed by atoms with Gasteiger partial charge >= 0.3 is 0 Å². The summed E-state index contributed by atoms with van der Waals surface area (Å²) in [5, 5.41) is 9.36. The zero-order valence-corrected chi connectivity index (χ0v) is 13.7. The molecular formula is C18H23N3O2. The number of aromatic hydroxyl groups is 1. The van der Waals surface area contributed by atoms with Crippen molar-refractivity contribution < 1.29 is 9.90 Å². The van der Waals surface area contributed by atoms with Gasteiger partial charge in [0, 0.05) is 48.8 Å². The molecule has 1 fully saturated rings. The Hall–Kier alpha value is -2.27. The van der Waals surface area contributed by atoms with Gasteiger partial charge in [0.1, 0.15) is 5.75 Å². The predicted molar refractivity (Wildman–Crippen MR) is 91.4 cm³/mol. The molecule has 3 rings (SSSR count). The third-order valence-corrected chi connectivity index (χ3v) is 4.40. The number of nitrogens with one attached hydrogen (secondary N) is 1. The first-order valence-electron chi connectivity index (χ1n) is 7.98. The number of aromatic amines is 1. The summed E-state index contributed by atoms with van der Waals surface area (Å²) in [6.45, 7) is 7.92. The van der Waals surface area contributed by atoms with Crippen LogP contribution in [-0.2, 0) is 0 Å². The fourth-order valence-electron chi connectivity index (χ4n) is 3.13. The summed E-state index contributed by atoms with van der Waals surface area (Å²) in [7, 11) is 0. The zero-order chi connectivity index (χ0) is 16.4. The smallest absolute Gasteiger partial charge is 0.178 e. The molecule has 23 heavy (non-hydrogen) atoms. The molecule has 0 spiro atoms. The number of nitrogens with zero attached hydrogens (tertiary/aromatic N) is 2. The molecule has 2 heterocycles. The fraction of sp³-hybridized carbons (Fsp3) is 0.389. The van der Waals surface area contributed by atoms with E-state index in [1.807, 2.05) is 32.0 Å². The highest BCUT2D eigenvalue weighted by atomic mass is 16.3.